The van der Waals surface area contributed by atoms with Crippen LogP contribution >= 0.6 is 0 Å². The maximum Gasteiger partial charge on any atom is 0.337 e. The van der Waals surface area contributed by atoms with Crippen molar-refractivity contribution < 1.29 is 14.6 Å². The molecule has 0 spiro atoms. The molecule has 0 heterocycles. The second-order valence-corrected chi connectivity index (χ2v) is 6.30. The second kappa shape index (κ2) is 3.76. The minimum absolute atomic E-state index is 0.198. The first-order valence-electron chi connectivity index (χ1n) is 6.64. The van der Waals surface area contributed by atoms with Crippen molar-refractivity contribution in [1.29, 1.82) is 0 Å². The maximum absolute atomic E-state index is 11.8. The number of aliphatic hydroxyl groups is 1. The number of ether oxygens (including phenoxy) is 1. The van der Waals surface area contributed by atoms with Crippen LogP contribution in [-0.4, -0.2) is 16.7 Å². The predicted octanol–water partition coefficient (Wildman–Crippen LogP) is 2.96. The van der Waals surface area contributed by atoms with Gasteiger partial charge in [0.05, 0.1) is 11.8 Å². The summed E-state index contributed by atoms with van der Waals surface area (Å²) in [5, 5.41) is 8.86. The smallest absolute Gasteiger partial charge is 0.337 e. The Morgan fingerprint density at radius 3 is 2.06 bits per heavy atom. The van der Waals surface area contributed by atoms with Gasteiger partial charge in [0.15, 0.2) is 0 Å². The Kier molecular flexibility index (Phi) is 2.46. The molecule has 4 aliphatic carbocycles. The van der Waals surface area contributed by atoms with Crippen molar-refractivity contribution in [3.8, 4) is 0 Å². The number of carbonyl (C=O) groups is 1. The zero-order chi connectivity index (χ0) is 12.0. The Balaban J connectivity index is 1.76. The van der Waals surface area contributed by atoms with Gasteiger partial charge < -0.3 is 9.84 Å². The van der Waals surface area contributed by atoms with Crippen molar-refractivity contribution in [1.82, 2.24) is 0 Å². The molecule has 0 aromatic rings. The minimum atomic E-state index is -0.338. The zero-order valence-corrected chi connectivity index (χ0v) is 10.3. The Bertz CT molecular complexity index is 334. The summed E-state index contributed by atoms with van der Waals surface area (Å²) in [6, 6.07) is 0. The van der Waals surface area contributed by atoms with Gasteiger partial charge >= 0.3 is 5.97 Å². The molecular formula is C14H20O3. The van der Waals surface area contributed by atoms with Crippen LogP contribution in [0.5, 0.6) is 0 Å². The van der Waals surface area contributed by atoms with E-state index in [2.05, 4.69) is 0 Å². The van der Waals surface area contributed by atoms with Gasteiger partial charge in [0.25, 0.3) is 0 Å². The first-order chi connectivity index (χ1) is 8.10. The van der Waals surface area contributed by atoms with Crippen LogP contribution in [0.1, 0.15) is 45.4 Å². The number of esters is 1. The number of aliphatic hydroxyl groups excluding tert-OH is 1. The molecule has 0 aromatic carbocycles. The third-order valence-corrected chi connectivity index (χ3v) is 4.81. The Hall–Kier alpha value is -0.990. The average molecular weight is 236 g/mol. The molecule has 0 radical (unpaired) electrons. The van der Waals surface area contributed by atoms with Crippen LogP contribution in [0, 0.1) is 17.8 Å². The molecule has 0 unspecified atom stereocenters. The summed E-state index contributed by atoms with van der Waals surface area (Å²) >= 11 is 0. The molecule has 1 N–H and O–H groups in total. The molecule has 0 aliphatic heterocycles. The van der Waals surface area contributed by atoms with Crippen LogP contribution in [-0.2, 0) is 9.53 Å². The van der Waals surface area contributed by atoms with Gasteiger partial charge in [-0.1, -0.05) is 0 Å². The van der Waals surface area contributed by atoms with Crippen molar-refractivity contribution in [2.75, 3.05) is 0 Å². The van der Waals surface area contributed by atoms with Crippen LogP contribution in [0.25, 0.3) is 0 Å². The third kappa shape index (κ3) is 1.85. The molecule has 4 fully saturated rings. The Morgan fingerprint density at radius 2 is 1.65 bits per heavy atom. The van der Waals surface area contributed by atoms with Gasteiger partial charge in [-0.25, -0.2) is 4.79 Å². The highest BCUT2D eigenvalue weighted by atomic mass is 16.6. The van der Waals surface area contributed by atoms with Crippen molar-refractivity contribution in [3.63, 3.8) is 0 Å². The third-order valence-electron chi connectivity index (χ3n) is 4.81. The van der Waals surface area contributed by atoms with Gasteiger partial charge in [-0.05, 0) is 63.2 Å². The fourth-order valence-corrected chi connectivity index (χ4v) is 4.49. The number of hydrogen-bond acceptors (Lipinski definition) is 3. The van der Waals surface area contributed by atoms with Crippen LogP contribution in [0.3, 0.4) is 0 Å². The highest BCUT2D eigenvalue weighted by Gasteiger charge is 2.53. The van der Waals surface area contributed by atoms with E-state index in [1.54, 1.807) is 6.92 Å². The molecule has 4 bridgehead atoms. The van der Waals surface area contributed by atoms with Crippen molar-refractivity contribution in [2.45, 2.75) is 51.0 Å². The van der Waals surface area contributed by atoms with Gasteiger partial charge in [-0.3, -0.25) is 0 Å². The van der Waals surface area contributed by atoms with E-state index in [1.165, 1.54) is 19.3 Å². The molecule has 0 atom stereocenters. The fraction of sp³-hybridized carbons (Fsp3) is 0.786. The lowest BCUT2D eigenvalue weighted by molar-refractivity contribution is -0.182. The zero-order valence-electron chi connectivity index (χ0n) is 10.3. The van der Waals surface area contributed by atoms with E-state index in [0.717, 1.165) is 43.3 Å². The first kappa shape index (κ1) is 11.1. The molecule has 0 amide bonds. The summed E-state index contributed by atoms with van der Waals surface area (Å²) in [7, 11) is 0. The SMILES string of the molecule is C/C(=C\O)C(=O)OC12CC3CC(CC(C3)C1)C2. The highest BCUT2D eigenvalue weighted by Crippen LogP contribution is 2.57. The lowest BCUT2D eigenvalue weighted by Gasteiger charge is -2.55. The molecule has 3 heteroatoms. The maximum atomic E-state index is 11.8. The average Bonchev–Trinajstić information content (AvgIpc) is 2.25. The number of carbonyl (C=O) groups excluding carboxylic acids is 1. The van der Waals surface area contributed by atoms with Gasteiger partial charge in [-0.15, -0.1) is 0 Å². The van der Waals surface area contributed by atoms with Crippen LogP contribution < -0.4 is 0 Å². The number of rotatable bonds is 2. The molecule has 0 saturated heterocycles. The first-order valence-corrected chi connectivity index (χ1v) is 6.64. The molecule has 94 valence electrons. The molecular weight excluding hydrogens is 216 g/mol. The van der Waals surface area contributed by atoms with Crippen LogP contribution in [0.15, 0.2) is 11.8 Å². The standard InChI is InChI=1S/C14H20O3/c1-9(8-15)13(16)17-14-5-10-2-11(6-14)4-12(3-10)7-14/h8,10-12,15H,2-7H2,1H3/b9-8+. The molecule has 3 nitrogen and oxygen atoms in total. The Labute approximate surface area is 102 Å². The monoisotopic (exact) mass is 236 g/mol. The summed E-state index contributed by atoms with van der Waals surface area (Å²) in [5.74, 6) is 1.97. The molecule has 0 aromatic heterocycles. The lowest BCUT2D eigenvalue weighted by atomic mass is 9.54. The van der Waals surface area contributed by atoms with Gasteiger partial charge in [0, 0.05) is 0 Å². The van der Waals surface area contributed by atoms with Gasteiger partial charge in [-0.2, -0.15) is 0 Å². The van der Waals surface area contributed by atoms with Gasteiger partial charge in [0.1, 0.15) is 5.60 Å². The minimum Gasteiger partial charge on any atom is -0.515 e. The van der Waals surface area contributed by atoms with E-state index in [0.29, 0.717) is 5.57 Å². The van der Waals surface area contributed by atoms with Crippen molar-refractivity contribution >= 4 is 5.97 Å². The normalized spacial score (nSPS) is 43.8. The summed E-state index contributed by atoms with van der Waals surface area (Å²) in [6.07, 6.45) is 8.00. The van der Waals surface area contributed by atoms with Crippen LogP contribution in [0.4, 0.5) is 0 Å². The molecule has 4 aliphatic rings. The van der Waals surface area contributed by atoms with E-state index in [-0.39, 0.29) is 11.6 Å². The lowest BCUT2D eigenvalue weighted by Crippen LogP contribution is -2.52. The fourth-order valence-electron chi connectivity index (χ4n) is 4.49. The van der Waals surface area contributed by atoms with Crippen LogP contribution in [0.2, 0.25) is 0 Å². The second-order valence-electron chi connectivity index (χ2n) is 6.30. The summed E-state index contributed by atoms with van der Waals surface area (Å²) in [5.41, 5.74) is 0.108. The van der Waals surface area contributed by atoms with Crippen molar-refractivity contribution in [2.24, 2.45) is 17.8 Å². The quantitative estimate of drug-likeness (QED) is 0.455. The highest BCUT2D eigenvalue weighted by molar-refractivity contribution is 5.87. The molecule has 4 saturated carbocycles. The predicted molar refractivity (Wildman–Crippen MR) is 63.4 cm³/mol. The van der Waals surface area contributed by atoms with E-state index >= 15 is 0 Å². The van der Waals surface area contributed by atoms with Gasteiger partial charge in [0.2, 0.25) is 0 Å². The van der Waals surface area contributed by atoms with E-state index in [9.17, 15) is 4.79 Å². The number of hydrogen-bond donors (Lipinski definition) is 1. The molecule has 17 heavy (non-hydrogen) atoms. The summed E-state index contributed by atoms with van der Waals surface area (Å²) in [6.45, 7) is 1.60. The van der Waals surface area contributed by atoms with E-state index in [1.807, 2.05) is 0 Å². The Morgan fingerprint density at radius 1 is 1.18 bits per heavy atom. The van der Waals surface area contributed by atoms with E-state index in [4.69, 9.17) is 9.84 Å². The molecule has 4 rings (SSSR count). The largest absolute Gasteiger partial charge is 0.515 e. The topological polar surface area (TPSA) is 46.5 Å². The van der Waals surface area contributed by atoms with Crippen molar-refractivity contribution in [3.05, 3.63) is 11.8 Å². The summed E-state index contributed by atoms with van der Waals surface area (Å²) < 4.78 is 5.74. The van der Waals surface area contributed by atoms with E-state index < -0.39 is 0 Å². The summed E-state index contributed by atoms with van der Waals surface area (Å²) in [4.78, 5) is 11.8.